The number of carbonyl (C=O) groups is 6. The molecule has 2 amide bonds. The van der Waals surface area contributed by atoms with Gasteiger partial charge in [-0.1, -0.05) is 60.7 Å². The van der Waals surface area contributed by atoms with E-state index in [0.717, 1.165) is 22.3 Å². The van der Waals surface area contributed by atoms with E-state index in [4.69, 9.17) is 28.4 Å². The Labute approximate surface area is 323 Å². The topological polar surface area (TPSA) is 213 Å². The number of fused-ring (bicyclic) bond motifs is 3. The van der Waals surface area contributed by atoms with E-state index in [-0.39, 0.29) is 31.4 Å². The number of nitrogens with zero attached hydrogens (tertiary/aromatic N) is 3. The molecule has 1 aromatic heterocycles. The van der Waals surface area contributed by atoms with E-state index in [9.17, 15) is 28.8 Å². The standard InChI is InChI=1S/C39H47N5O12/c1-21-34(53-23(3)46)32(20-51-22(2)45)55-37(35(21)54-24(4)47)44-18-25(42-43-44)17-40-36(49)31(16-33(48)56-39(5,6)7)41-38(50)52-19-30-28-14-10-8-12-26(28)27-13-9-11-15-29(27)30/h8-15,18,21,30-32,34-35,37H,16-17,19-20H2,1-7H3,(H,40,49)(H,41,50)/t21?,31-,32?,34-,35?,37-/m0/s1. The van der Waals surface area contributed by atoms with Gasteiger partial charge in [0.1, 0.15) is 42.8 Å². The van der Waals surface area contributed by atoms with Crippen LogP contribution in [0, 0.1) is 5.92 Å². The van der Waals surface area contributed by atoms with Crippen molar-refractivity contribution in [2.24, 2.45) is 5.92 Å². The number of nitrogens with one attached hydrogen (secondary N) is 2. The lowest BCUT2D eigenvalue weighted by molar-refractivity contribution is -0.249. The average Bonchev–Trinajstić information content (AvgIpc) is 3.72. The fourth-order valence-corrected chi connectivity index (χ4v) is 6.76. The number of benzene rings is 2. The second kappa shape index (κ2) is 17.7. The third-order valence-electron chi connectivity index (χ3n) is 9.06. The van der Waals surface area contributed by atoms with Crippen LogP contribution in [0.2, 0.25) is 0 Å². The second-order valence-corrected chi connectivity index (χ2v) is 14.6. The first-order chi connectivity index (χ1) is 26.5. The summed E-state index contributed by atoms with van der Waals surface area (Å²) < 4.78 is 34.7. The Bertz CT molecular complexity index is 1890. The molecule has 5 rings (SSSR count). The molecule has 1 saturated heterocycles. The monoisotopic (exact) mass is 777 g/mol. The van der Waals surface area contributed by atoms with Crippen molar-refractivity contribution in [2.45, 2.75) is 104 Å². The Balaban J connectivity index is 1.27. The maximum Gasteiger partial charge on any atom is 0.407 e. The molecule has 1 fully saturated rings. The lowest BCUT2D eigenvalue weighted by Gasteiger charge is -2.43. The van der Waals surface area contributed by atoms with Gasteiger partial charge in [-0.15, -0.1) is 5.10 Å². The minimum absolute atomic E-state index is 0.0106. The van der Waals surface area contributed by atoms with Gasteiger partial charge in [0.05, 0.1) is 19.2 Å². The number of alkyl carbamates (subject to hydrolysis) is 1. The molecule has 6 atom stereocenters. The number of esters is 4. The zero-order valence-electron chi connectivity index (χ0n) is 32.3. The maximum absolute atomic E-state index is 13.6. The van der Waals surface area contributed by atoms with Crippen molar-refractivity contribution in [1.82, 2.24) is 25.6 Å². The Morgan fingerprint density at radius 2 is 1.45 bits per heavy atom. The van der Waals surface area contributed by atoms with Gasteiger partial charge in [-0.2, -0.15) is 0 Å². The molecule has 3 unspecified atom stereocenters. The molecule has 2 N–H and O–H groups in total. The molecule has 0 saturated carbocycles. The number of hydrogen-bond donors (Lipinski definition) is 2. The lowest BCUT2D eigenvalue weighted by atomic mass is 9.89. The van der Waals surface area contributed by atoms with Crippen LogP contribution in [0.3, 0.4) is 0 Å². The summed E-state index contributed by atoms with van der Waals surface area (Å²) in [7, 11) is 0. The summed E-state index contributed by atoms with van der Waals surface area (Å²) in [5.41, 5.74) is 3.50. The molecule has 17 nitrogen and oxygen atoms in total. The fraction of sp³-hybridized carbons (Fsp3) is 0.487. The lowest BCUT2D eigenvalue weighted by Crippen LogP contribution is -2.55. The van der Waals surface area contributed by atoms with Crippen molar-refractivity contribution in [2.75, 3.05) is 13.2 Å². The van der Waals surface area contributed by atoms with Gasteiger partial charge < -0.3 is 39.1 Å². The van der Waals surface area contributed by atoms with Crippen LogP contribution in [0.4, 0.5) is 4.79 Å². The van der Waals surface area contributed by atoms with Crippen molar-refractivity contribution in [3.8, 4) is 11.1 Å². The number of amides is 2. The quantitative estimate of drug-likeness (QED) is 0.188. The van der Waals surface area contributed by atoms with E-state index in [2.05, 4.69) is 20.9 Å². The highest BCUT2D eigenvalue weighted by Crippen LogP contribution is 2.44. The predicted octanol–water partition coefficient (Wildman–Crippen LogP) is 3.49. The van der Waals surface area contributed by atoms with Gasteiger partial charge >= 0.3 is 30.0 Å². The highest BCUT2D eigenvalue weighted by molar-refractivity contribution is 5.89. The van der Waals surface area contributed by atoms with Crippen LogP contribution in [0.15, 0.2) is 54.7 Å². The molecule has 3 aromatic rings. The van der Waals surface area contributed by atoms with Gasteiger partial charge in [0.25, 0.3) is 0 Å². The van der Waals surface area contributed by atoms with Crippen LogP contribution in [0.5, 0.6) is 0 Å². The van der Waals surface area contributed by atoms with Gasteiger partial charge in [0.15, 0.2) is 12.3 Å². The summed E-state index contributed by atoms with van der Waals surface area (Å²) in [6.45, 7) is 9.88. The molecule has 1 aliphatic heterocycles. The molecule has 2 heterocycles. The van der Waals surface area contributed by atoms with Crippen LogP contribution in [0.25, 0.3) is 11.1 Å². The average molecular weight is 778 g/mol. The fourth-order valence-electron chi connectivity index (χ4n) is 6.76. The summed E-state index contributed by atoms with van der Waals surface area (Å²) in [6.07, 6.45) is -3.99. The Morgan fingerprint density at radius 1 is 0.839 bits per heavy atom. The van der Waals surface area contributed by atoms with Crippen LogP contribution in [0.1, 0.15) is 83.9 Å². The first-order valence-electron chi connectivity index (χ1n) is 18.2. The zero-order valence-corrected chi connectivity index (χ0v) is 32.3. The Hall–Kier alpha value is -5.84. The predicted molar refractivity (Wildman–Crippen MR) is 195 cm³/mol. The normalized spacial score (nSPS) is 20.7. The molecule has 300 valence electrons. The third kappa shape index (κ3) is 10.5. The summed E-state index contributed by atoms with van der Waals surface area (Å²) in [5.74, 6) is -4.17. The second-order valence-electron chi connectivity index (χ2n) is 14.6. The van der Waals surface area contributed by atoms with Gasteiger partial charge in [-0.3, -0.25) is 24.0 Å². The largest absolute Gasteiger partial charge is 0.463 e. The number of rotatable bonds is 13. The molecule has 2 aliphatic rings. The number of hydrogen-bond acceptors (Lipinski definition) is 14. The van der Waals surface area contributed by atoms with Crippen molar-refractivity contribution < 1.29 is 57.2 Å². The molecule has 2 aromatic carbocycles. The molecular formula is C39H47N5O12. The van der Waals surface area contributed by atoms with E-state index in [0.29, 0.717) is 0 Å². The summed E-state index contributed by atoms with van der Waals surface area (Å²) in [6, 6.07) is 14.3. The highest BCUT2D eigenvalue weighted by atomic mass is 16.6. The summed E-state index contributed by atoms with van der Waals surface area (Å²) >= 11 is 0. The number of aromatic nitrogens is 3. The first-order valence-corrected chi connectivity index (χ1v) is 18.2. The maximum atomic E-state index is 13.6. The third-order valence-corrected chi connectivity index (χ3v) is 9.06. The van der Waals surface area contributed by atoms with Crippen molar-refractivity contribution in [1.29, 1.82) is 0 Å². The van der Waals surface area contributed by atoms with Crippen molar-refractivity contribution in [3.05, 3.63) is 71.5 Å². The van der Waals surface area contributed by atoms with Crippen molar-refractivity contribution in [3.63, 3.8) is 0 Å². The highest BCUT2D eigenvalue weighted by Gasteiger charge is 2.49. The summed E-state index contributed by atoms with van der Waals surface area (Å²) in [5, 5.41) is 13.4. The van der Waals surface area contributed by atoms with Crippen LogP contribution >= 0.6 is 0 Å². The minimum Gasteiger partial charge on any atom is -0.463 e. The van der Waals surface area contributed by atoms with Gasteiger partial charge in [0.2, 0.25) is 5.91 Å². The molecular weight excluding hydrogens is 730 g/mol. The Morgan fingerprint density at radius 3 is 2.04 bits per heavy atom. The molecule has 17 heteroatoms. The smallest absolute Gasteiger partial charge is 0.407 e. The van der Waals surface area contributed by atoms with Crippen LogP contribution < -0.4 is 10.6 Å². The van der Waals surface area contributed by atoms with Crippen molar-refractivity contribution >= 4 is 35.9 Å². The molecule has 56 heavy (non-hydrogen) atoms. The molecule has 0 spiro atoms. The minimum atomic E-state index is -1.38. The zero-order chi connectivity index (χ0) is 40.7. The van der Waals surface area contributed by atoms with Crippen LogP contribution in [-0.4, -0.2) is 94.0 Å². The van der Waals surface area contributed by atoms with Gasteiger partial charge in [-0.25, -0.2) is 9.48 Å². The molecule has 0 radical (unpaired) electrons. The van der Waals surface area contributed by atoms with E-state index in [1.54, 1.807) is 27.7 Å². The summed E-state index contributed by atoms with van der Waals surface area (Å²) in [4.78, 5) is 75.3. The number of ether oxygens (including phenoxy) is 6. The van der Waals surface area contributed by atoms with E-state index in [1.807, 2.05) is 48.5 Å². The Kier molecular flexibility index (Phi) is 13.1. The van der Waals surface area contributed by atoms with Gasteiger partial charge in [-0.05, 0) is 43.0 Å². The van der Waals surface area contributed by atoms with E-state index < -0.39 is 84.4 Å². The van der Waals surface area contributed by atoms with E-state index >= 15 is 0 Å². The van der Waals surface area contributed by atoms with Crippen LogP contribution in [-0.2, 0) is 58.9 Å². The van der Waals surface area contributed by atoms with E-state index in [1.165, 1.54) is 31.6 Å². The first kappa shape index (κ1) is 41.3. The van der Waals surface area contributed by atoms with Gasteiger partial charge in [0, 0.05) is 32.6 Å². The molecule has 1 aliphatic carbocycles. The number of carbonyl (C=O) groups excluding carboxylic acids is 6. The molecule has 0 bridgehead atoms. The SMILES string of the molecule is CC(=O)OCC1O[C@H](n2cc(CNC(=O)[C@H](CC(=O)OC(C)(C)C)NC(=O)OCC3c4ccccc4-c4ccccc43)nn2)C(OC(C)=O)C(C)[C@@H]1OC(C)=O.